The molecule has 0 spiro atoms. The summed E-state index contributed by atoms with van der Waals surface area (Å²) in [6, 6.07) is 8.69. The number of carbonyl (C=O) groups is 1. The predicted molar refractivity (Wildman–Crippen MR) is 91.7 cm³/mol. The Labute approximate surface area is 133 Å². The van der Waals surface area contributed by atoms with E-state index in [0.29, 0.717) is 0 Å². The van der Waals surface area contributed by atoms with Gasteiger partial charge in [-0.1, -0.05) is 32.4 Å². The van der Waals surface area contributed by atoms with Crippen LogP contribution >= 0.6 is 11.8 Å². The van der Waals surface area contributed by atoms with E-state index >= 15 is 0 Å². The van der Waals surface area contributed by atoms with Crippen LogP contribution in [0.25, 0.3) is 0 Å². The monoisotopic (exact) mass is 308 g/mol. The van der Waals surface area contributed by atoms with E-state index in [1.165, 1.54) is 5.56 Å². The van der Waals surface area contributed by atoms with Crippen LogP contribution < -0.4 is 10.6 Å². The first-order valence-electron chi connectivity index (χ1n) is 7.83. The van der Waals surface area contributed by atoms with E-state index in [0.717, 1.165) is 30.8 Å². The van der Waals surface area contributed by atoms with Gasteiger partial charge in [0.15, 0.2) is 0 Å². The Hall–Kier alpha value is -1.00. The van der Waals surface area contributed by atoms with Gasteiger partial charge in [0.2, 0.25) is 5.91 Å². The number of hydrogen-bond acceptors (Lipinski definition) is 3. The number of carbonyl (C=O) groups excluding carboxylic acids is 1. The fourth-order valence-corrected chi connectivity index (χ4v) is 2.95. The van der Waals surface area contributed by atoms with Crippen LogP contribution in [0, 0.1) is 0 Å². The summed E-state index contributed by atoms with van der Waals surface area (Å²) in [6.45, 7) is 10.1. The highest BCUT2D eigenvalue weighted by atomic mass is 32.2. The molecule has 4 heteroatoms. The van der Waals surface area contributed by atoms with E-state index in [2.05, 4.69) is 55.7 Å². The van der Waals surface area contributed by atoms with Crippen LogP contribution in [-0.4, -0.2) is 23.7 Å². The second-order valence-electron chi connectivity index (χ2n) is 5.38. The molecular formula is C17H28N2OS. The molecule has 3 nitrogen and oxygen atoms in total. The van der Waals surface area contributed by atoms with Crippen LogP contribution in [0.3, 0.4) is 0 Å². The summed E-state index contributed by atoms with van der Waals surface area (Å²) in [4.78, 5) is 13.2. The molecule has 118 valence electrons. The van der Waals surface area contributed by atoms with Crippen molar-refractivity contribution < 1.29 is 4.79 Å². The summed E-state index contributed by atoms with van der Waals surface area (Å²) in [5.41, 5.74) is 1.27. The first-order valence-corrected chi connectivity index (χ1v) is 8.71. The molecule has 0 aliphatic heterocycles. The van der Waals surface area contributed by atoms with Crippen molar-refractivity contribution in [2.24, 2.45) is 0 Å². The number of amides is 1. The standard InChI is InChI=1S/C17H28N2OS/c1-5-7-13(3)19-17(20)14(4)21-16-10-8-15(9-11-16)12-18-6-2/h8-11,13-14,18H,5-7,12H2,1-4H3,(H,19,20). The molecule has 0 radical (unpaired) electrons. The third-order valence-electron chi connectivity index (χ3n) is 3.29. The smallest absolute Gasteiger partial charge is 0.233 e. The molecule has 0 aliphatic carbocycles. The van der Waals surface area contributed by atoms with Crippen molar-refractivity contribution in [2.75, 3.05) is 6.54 Å². The fourth-order valence-electron chi connectivity index (χ4n) is 2.08. The molecule has 0 aliphatic rings. The number of thioether (sulfide) groups is 1. The van der Waals surface area contributed by atoms with Crippen molar-refractivity contribution in [3.63, 3.8) is 0 Å². The molecule has 0 fully saturated rings. The maximum atomic E-state index is 12.1. The van der Waals surface area contributed by atoms with Gasteiger partial charge in [0.1, 0.15) is 0 Å². The largest absolute Gasteiger partial charge is 0.353 e. The zero-order valence-electron chi connectivity index (χ0n) is 13.6. The third-order valence-corrected chi connectivity index (χ3v) is 4.41. The first kappa shape index (κ1) is 18.1. The van der Waals surface area contributed by atoms with Crippen LogP contribution in [-0.2, 0) is 11.3 Å². The molecule has 1 amide bonds. The Balaban J connectivity index is 2.46. The summed E-state index contributed by atoms with van der Waals surface area (Å²) in [7, 11) is 0. The fraction of sp³-hybridized carbons (Fsp3) is 0.588. The first-order chi connectivity index (χ1) is 10.1. The van der Waals surface area contributed by atoms with E-state index in [1.54, 1.807) is 11.8 Å². The Morgan fingerprint density at radius 3 is 2.43 bits per heavy atom. The van der Waals surface area contributed by atoms with Crippen molar-refractivity contribution in [2.45, 2.75) is 63.3 Å². The highest BCUT2D eigenvalue weighted by Gasteiger charge is 2.16. The van der Waals surface area contributed by atoms with Crippen LogP contribution in [0.5, 0.6) is 0 Å². The van der Waals surface area contributed by atoms with Crippen molar-refractivity contribution in [3.8, 4) is 0 Å². The van der Waals surface area contributed by atoms with Crippen molar-refractivity contribution in [1.82, 2.24) is 10.6 Å². The number of hydrogen-bond donors (Lipinski definition) is 2. The lowest BCUT2D eigenvalue weighted by atomic mass is 10.2. The summed E-state index contributed by atoms with van der Waals surface area (Å²) in [5, 5.41) is 6.31. The number of rotatable bonds is 9. The zero-order valence-corrected chi connectivity index (χ0v) is 14.4. The van der Waals surface area contributed by atoms with Crippen molar-refractivity contribution >= 4 is 17.7 Å². The van der Waals surface area contributed by atoms with Gasteiger partial charge < -0.3 is 10.6 Å². The minimum atomic E-state index is -0.0658. The Morgan fingerprint density at radius 2 is 1.86 bits per heavy atom. The summed E-state index contributed by atoms with van der Waals surface area (Å²) < 4.78 is 0. The average molecular weight is 308 g/mol. The molecule has 21 heavy (non-hydrogen) atoms. The van der Waals surface area contributed by atoms with Crippen LogP contribution in [0.4, 0.5) is 0 Å². The van der Waals surface area contributed by atoms with Crippen LogP contribution in [0.1, 0.15) is 46.1 Å². The molecule has 1 aromatic carbocycles. The minimum Gasteiger partial charge on any atom is -0.353 e. The van der Waals surface area contributed by atoms with Crippen LogP contribution in [0.15, 0.2) is 29.2 Å². The maximum Gasteiger partial charge on any atom is 0.233 e. The van der Waals surface area contributed by atoms with Crippen LogP contribution in [0.2, 0.25) is 0 Å². The second kappa shape index (κ2) is 9.85. The van der Waals surface area contributed by atoms with E-state index in [-0.39, 0.29) is 17.2 Å². The molecule has 0 saturated carbocycles. The van der Waals surface area contributed by atoms with Gasteiger partial charge in [0.25, 0.3) is 0 Å². The zero-order chi connectivity index (χ0) is 15.7. The normalized spacial score (nSPS) is 13.7. The molecule has 0 heterocycles. The molecule has 0 bridgehead atoms. The quantitative estimate of drug-likeness (QED) is 0.685. The highest BCUT2D eigenvalue weighted by molar-refractivity contribution is 8.00. The highest BCUT2D eigenvalue weighted by Crippen LogP contribution is 2.23. The lowest BCUT2D eigenvalue weighted by Gasteiger charge is -2.17. The predicted octanol–water partition coefficient (Wildman–Crippen LogP) is 3.58. The van der Waals surface area contributed by atoms with Gasteiger partial charge in [-0.25, -0.2) is 0 Å². The van der Waals surface area contributed by atoms with E-state index < -0.39 is 0 Å². The maximum absolute atomic E-state index is 12.1. The Morgan fingerprint density at radius 1 is 1.19 bits per heavy atom. The molecule has 0 aromatic heterocycles. The second-order valence-corrected chi connectivity index (χ2v) is 6.80. The Bertz CT molecular complexity index is 419. The van der Waals surface area contributed by atoms with Gasteiger partial charge in [-0.3, -0.25) is 4.79 Å². The molecule has 0 saturated heterocycles. The summed E-state index contributed by atoms with van der Waals surface area (Å²) >= 11 is 1.61. The molecular weight excluding hydrogens is 280 g/mol. The molecule has 2 unspecified atom stereocenters. The van der Waals surface area contributed by atoms with Crippen molar-refractivity contribution in [3.05, 3.63) is 29.8 Å². The lowest BCUT2D eigenvalue weighted by molar-refractivity contribution is -0.120. The van der Waals surface area contributed by atoms with E-state index in [9.17, 15) is 4.79 Å². The molecule has 2 atom stereocenters. The number of nitrogens with one attached hydrogen (secondary N) is 2. The molecule has 2 N–H and O–H groups in total. The van der Waals surface area contributed by atoms with Gasteiger partial charge >= 0.3 is 0 Å². The molecule has 1 aromatic rings. The minimum absolute atomic E-state index is 0.0658. The van der Waals surface area contributed by atoms with Gasteiger partial charge in [0.05, 0.1) is 5.25 Å². The summed E-state index contributed by atoms with van der Waals surface area (Å²) in [6.07, 6.45) is 2.12. The van der Waals surface area contributed by atoms with Crippen molar-refractivity contribution in [1.29, 1.82) is 0 Å². The van der Waals surface area contributed by atoms with E-state index in [4.69, 9.17) is 0 Å². The average Bonchev–Trinajstić information content (AvgIpc) is 2.46. The van der Waals surface area contributed by atoms with Gasteiger partial charge in [-0.05, 0) is 44.5 Å². The Kier molecular flexibility index (Phi) is 8.47. The van der Waals surface area contributed by atoms with Gasteiger partial charge in [-0.2, -0.15) is 0 Å². The topological polar surface area (TPSA) is 41.1 Å². The summed E-state index contributed by atoms with van der Waals surface area (Å²) in [5.74, 6) is 0.123. The number of benzene rings is 1. The molecule has 1 rings (SSSR count). The third kappa shape index (κ3) is 7.00. The SMILES string of the molecule is CCCC(C)NC(=O)C(C)Sc1ccc(CNCC)cc1. The van der Waals surface area contributed by atoms with Gasteiger partial charge in [0, 0.05) is 17.5 Å². The van der Waals surface area contributed by atoms with Gasteiger partial charge in [-0.15, -0.1) is 11.8 Å². The lowest BCUT2D eigenvalue weighted by Crippen LogP contribution is -2.37. The van der Waals surface area contributed by atoms with E-state index in [1.807, 2.05) is 6.92 Å².